The first-order valence-electron chi connectivity index (χ1n) is 5.80. The van der Waals surface area contributed by atoms with Gasteiger partial charge in [-0.3, -0.25) is 0 Å². The van der Waals surface area contributed by atoms with Gasteiger partial charge in [0.05, 0.1) is 6.04 Å². The van der Waals surface area contributed by atoms with E-state index < -0.39 is 0 Å². The topological polar surface area (TPSA) is 12.0 Å². The van der Waals surface area contributed by atoms with Crippen LogP contribution in [0.3, 0.4) is 0 Å². The van der Waals surface area contributed by atoms with E-state index in [1.54, 1.807) is 0 Å². The normalized spacial score (nSPS) is 12.4. The molecule has 0 aliphatic rings. The lowest BCUT2D eigenvalue weighted by Crippen LogP contribution is -2.18. The van der Waals surface area contributed by atoms with Crippen molar-refractivity contribution in [3.63, 3.8) is 0 Å². The lowest BCUT2D eigenvalue weighted by molar-refractivity contribution is 0.687. The van der Waals surface area contributed by atoms with Gasteiger partial charge in [0.2, 0.25) is 0 Å². The van der Waals surface area contributed by atoms with Gasteiger partial charge in [0, 0.05) is 10.0 Å². The Hall–Kier alpha value is -1.02. The Morgan fingerprint density at radius 1 is 0.944 bits per heavy atom. The summed E-state index contributed by atoms with van der Waals surface area (Å²) in [6.07, 6.45) is 0. The van der Waals surface area contributed by atoms with Crippen molar-refractivity contribution < 1.29 is 0 Å². The van der Waals surface area contributed by atoms with Crippen LogP contribution < -0.4 is 5.32 Å². The Kier molecular flexibility index (Phi) is 4.28. The van der Waals surface area contributed by atoms with Crippen molar-refractivity contribution in [1.29, 1.82) is 0 Å². The predicted molar refractivity (Wildman–Crippen MR) is 78.5 cm³/mol. The summed E-state index contributed by atoms with van der Waals surface area (Å²) >= 11 is 12.0. The van der Waals surface area contributed by atoms with Crippen molar-refractivity contribution in [3.8, 4) is 0 Å². The highest BCUT2D eigenvalue weighted by Crippen LogP contribution is 2.27. The summed E-state index contributed by atoms with van der Waals surface area (Å²) in [5, 5.41) is 4.82. The lowest BCUT2D eigenvalue weighted by Gasteiger charge is -2.19. The molecule has 1 nitrogen and oxygen atoms in total. The van der Waals surface area contributed by atoms with Gasteiger partial charge in [-0.1, -0.05) is 41.4 Å². The molecule has 1 unspecified atom stereocenters. The summed E-state index contributed by atoms with van der Waals surface area (Å²) in [7, 11) is 1.94. The summed E-state index contributed by atoms with van der Waals surface area (Å²) in [6, 6.07) is 14.0. The van der Waals surface area contributed by atoms with Gasteiger partial charge in [-0.25, -0.2) is 0 Å². The van der Waals surface area contributed by atoms with E-state index >= 15 is 0 Å². The molecule has 0 aliphatic heterocycles. The summed E-state index contributed by atoms with van der Waals surface area (Å²) in [4.78, 5) is 0. The summed E-state index contributed by atoms with van der Waals surface area (Å²) in [5.41, 5.74) is 3.58. The molecule has 18 heavy (non-hydrogen) atoms. The molecule has 0 heterocycles. The van der Waals surface area contributed by atoms with Gasteiger partial charge in [-0.15, -0.1) is 0 Å². The first-order chi connectivity index (χ1) is 8.61. The molecular formula is C15H15Cl2N. The van der Waals surface area contributed by atoms with Gasteiger partial charge >= 0.3 is 0 Å². The lowest BCUT2D eigenvalue weighted by atomic mass is 9.95. The molecule has 0 amide bonds. The zero-order valence-corrected chi connectivity index (χ0v) is 11.9. The van der Waals surface area contributed by atoms with Gasteiger partial charge in [-0.05, 0) is 54.9 Å². The minimum Gasteiger partial charge on any atom is -0.309 e. The third kappa shape index (κ3) is 2.86. The Morgan fingerprint density at radius 3 is 2.17 bits per heavy atom. The summed E-state index contributed by atoms with van der Waals surface area (Å²) in [5.74, 6) is 0. The van der Waals surface area contributed by atoms with Crippen molar-refractivity contribution in [2.75, 3.05) is 7.05 Å². The SMILES string of the molecule is CNC(c1ccc(Cl)cc1)c1cc(Cl)ccc1C. The van der Waals surface area contributed by atoms with Crippen LogP contribution in [0.25, 0.3) is 0 Å². The van der Waals surface area contributed by atoms with E-state index in [9.17, 15) is 0 Å². The van der Waals surface area contributed by atoms with Crippen molar-refractivity contribution in [2.24, 2.45) is 0 Å². The van der Waals surface area contributed by atoms with Gasteiger partial charge in [0.15, 0.2) is 0 Å². The molecule has 0 fully saturated rings. The van der Waals surface area contributed by atoms with Gasteiger partial charge in [-0.2, -0.15) is 0 Å². The molecule has 0 radical (unpaired) electrons. The Balaban J connectivity index is 2.44. The van der Waals surface area contributed by atoms with Crippen molar-refractivity contribution in [1.82, 2.24) is 5.32 Å². The maximum atomic E-state index is 6.08. The van der Waals surface area contributed by atoms with E-state index in [0.717, 1.165) is 10.0 Å². The van der Waals surface area contributed by atoms with E-state index in [1.807, 2.05) is 49.5 Å². The largest absolute Gasteiger partial charge is 0.309 e. The highest BCUT2D eigenvalue weighted by atomic mass is 35.5. The molecular weight excluding hydrogens is 265 g/mol. The molecule has 0 bridgehead atoms. The zero-order valence-electron chi connectivity index (χ0n) is 10.4. The van der Waals surface area contributed by atoms with E-state index in [1.165, 1.54) is 16.7 Å². The smallest absolute Gasteiger partial charge is 0.0577 e. The highest BCUT2D eigenvalue weighted by molar-refractivity contribution is 6.30. The van der Waals surface area contributed by atoms with Crippen molar-refractivity contribution in [2.45, 2.75) is 13.0 Å². The van der Waals surface area contributed by atoms with Gasteiger partial charge in [0.1, 0.15) is 0 Å². The Labute approximate surface area is 118 Å². The summed E-state index contributed by atoms with van der Waals surface area (Å²) < 4.78 is 0. The molecule has 0 saturated carbocycles. The average molecular weight is 280 g/mol. The highest BCUT2D eigenvalue weighted by Gasteiger charge is 2.14. The number of hydrogen-bond donors (Lipinski definition) is 1. The molecule has 0 aromatic heterocycles. The second-order valence-corrected chi connectivity index (χ2v) is 5.15. The minimum atomic E-state index is 0.126. The zero-order chi connectivity index (χ0) is 13.1. The number of benzene rings is 2. The van der Waals surface area contributed by atoms with Gasteiger partial charge in [0.25, 0.3) is 0 Å². The van der Waals surface area contributed by atoms with Crippen molar-refractivity contribution in [3.05, 3.63) is 69.2 Å². The minimum absolute atomic E-state index is 0.126. The molecule has 2 aromatic carbocycles. The van der Waals surface area contributed by atoms with E-state index in [0.29, 0.717) is 0 Å². The Morgan fingerprint density at radius 2 is 1.56 bits per heavy atom. The molecule has 94 valence electrons. The third-order valence-electron chi connectivity index (χ3n) is 3.04. The number of aryl methyl sites for hydroxylation is 1. The maximum Gasteiger partial charge on any atom is 0.0577 e. The molecule has 2 aromatic rings. The number of hydrogen-bond acceptors (Lipinski definition) is 1. The number of rotatable bonds is 3. The summed E-state index contributed by atoms with van der Waals surface area (Å²) in [6.45, 7) is 2.09. The molecule has 0 aliphatic carbocycles. The Bertz CT molecular complexity index is 535. The van der Waals surface area contributed by atoms with Crippen LogP contribution in [0.4, 0.5) is 0 Å². The standard InChI is InChI=1S/C15H15Cl2N/c1-10-3-6-13(17)9-14(10)15(18-2)11-4-7-12(16)8-5-11/h3-9,15,18H,1-2H3. The monoisotopic (exact) mass is 279 g/mol. The van der Waals surface area contributed by atoms with E-state index in [2.05, 4.69) is 12.2 Å². The van der Waals surface area contributed by atoms with Crippen LogP contribution >= 0.6 is 23.2 Å². The first kappa shape index (κ1) is 13.4. The molecule has 2 rings (SSSR count). The quantitative estimate of drug-likeness (QED) is 0.865. The molecule has 1 N–H and O–H groups in total. The predicted octanol–water partition coefficient (Wildman–Crippen LogP) is 4.61. The van der Waals surface area contributed by atoms with Crippen LogP contribution in [-0.4, -0.2) is 7.05 Å². The second-order valence-electron chi connectivity index (χ2n) is 4.27. The molecule has 0 spiro atoms. The fourth-order valence-electron chi connectivity index (χ4n) is 2.08. The van der Waals surface area contributed by atoms with E-state index in [4.69, 9.17) is 23.2 Å². The van der Waals surface area contributed by atoms with Crippen LogP contribution in [0, 0.1) is 6.92 Å². The average Bonchev–Trinajstić information content (AvgIpc) is 2.37. The van der Waals surface area contributed by atoms with Crippen LogP contribution in [-0.2, 0) is 0 Å². The molecule has 1 atom stereocenters. The van der Waals surface area contributed by atoms with Crippen LogP contribution in [0.1, 0.15) is 22.7 Å². The number of nitrogens with one attached hydrogen (secondary N) is 1. The second kappa shape index (κ2) is 5.75. The van der Waals surface area contributed by atoms with E-state index in [-0.39, 0.29) is 6.04 Å². The van der Waals surface area contributed by atoms with Crippen LogP contribution in [0.2, 0.25) is 10.0 Å². The fraction of sp³-hybridized carbons (Fsp3) is 0.200. The van der Waals surface area contributed by atoms with Crippen LogP contribution in [0.5, 0.6) is 0 Å². The van der Waals surface area contributed by atoms with Crippen LogP contribution in [0.15, 0.2) is 42.5 Å². The fourth-order valence-corrected chi connectivity index (χ4v) is 2.39. The first-order valence-corrected chi connectivity index (χ1v) is 6.56. The van der Waals surface area contributed by atoms with Crippen molar-refractivity contribution >= 4 is 23.2 Å². The van der Waals surface area contributed by atoms with Gasteiger partial charge < -0.3 is 5.32 Å². The number of halogens is 2. The molecule has 3 heteroatoms. The third-order valence-corrected chi connectivity index (χ3v) is 3.53. The molecule has 0 saturated heterocycles. The maximum absolute atomic E-state index is 6.08.